The van der Waals surface area contributed by atoms with Crippen LogP contribution in [0.5, 0.6) is 11.5 Å². The van der Waals surface area contributed by atoms with Gasteiger partial charge in [-0.3, -0.25) is 9.69 Å². The van der Waals surface area contributed by atoms with E-state index >= 15 is 0 Å². The first kappa shape index (κ1) is 17.0. The zero-order chi connectivity index (χ0) is 17.3. The Labute approximate surface area is 143 Å². The van der Waals surface area contributed by atoms with E-state index in [9.17, 15) is 4.79 Å². The fourth-order valence-corrected chi connectivity index (χ4v) is 3.61. The maximum Gasteiger partial charge on any atom is 0.254 e. The summed E-state index contributed by atoms with van der Waals surface area (Å²) in [4.78, 5) is 17.3. The number of benzene rings is 1. The number of likely N-dealkylation sites (N-methyl/N-ethyl adjacent to an activating group) is 1. The molecule has 1 aromatic carbocycles. The van der Waals surface area contributed by atoms with E-state index in [2.05, 4.69) is 11.9 Å². The number of nitrogens with zero attached hydrogens (tertiary/aromatic N) is 2. The van der Waals surface area contributed by atoms with E-state index in [1.165, 1.54) is 0 Å². The summed E-state index contributed by atoms with van der Waals surface area (Å²) in [5.41, 5.74) is 1.57. The predicted molar refractivity (Wildman–Crippen MR) is 91.0 cm³/mol. The number of carbonyl (C=O) groups excluding carboxylic acids is 1. The highest BCUT2D eigenvalue weighted by Gasteiger charge is 2.37. The molecule has 2 atom stereocenters. The number of morpholine rings is 1. The molecular weight excluding hydrogens is 308 g/mol. The van der Waals surface area contributed by atoms with Crippen LogP contribution in [0.15, 0.2) is 12.1 Å². The van der Waals surface area contributed by atoms with Gasteiger partial charge in [-0.05, 0) is 38.1 Å². The second-order valence-corrected chi connectivity index (χ2v) is 6.52. The highest BCUT2D eigenvalue weighted by molar-refractivity contribution is 5.96. The maximum absolute atomic E-state index is 13.0. The standard InChI is InChI=1S/C18H26N2O4/c1-12-9-16(22-3)17(23-4)10-13(12)18(21)20-6-5-15-14(11-20)19(2)7-8-24-15/h9-10,14-15H,5-8,11H2,1-4H3. The number of carbonyl (C=O) groups is 1. The van der Waals surface area contributed by atoms with Crippen molar-refractivity contribution in [3.05, 3.63) is 23.3 Å². The number of rotatable bonds is 3. The molecule has 132 valence electrons. The third-order valence-electron chi connectivity index (χ3n) is 5.11. The van der Waals surface area contributed by atoms with Gasteiger partial charge in [0, 0.05) is 25.2 Å². The molecule has 2 heterocycles. The number of ether oxygens (including phenoxy) is 3. The number of hydrogen-bond acceptors (Lipinski definition) is 5. The van der Waals surface area contributed by atoms with Crippen LogP contribution in [0, 0.1) is 6.92 Å². The Kier molecular flexibility index (Phi) is 4.96. The van der Waals surface area contributed by atoms with E-state index in [0.717, 1.165) is 31.7 Å². The van der Waals surface area contributed by atoms with Gasteiger partial charge >= 0.3 is 0 Å². The van der Waals surface area contributed by atoms with Crippen molar-refractivity contribution in [1.82, 2.24) is 9.80 Å². The van der Waals surface area contributed by atoms with Crippen LogP contribution in [-0.4, -0.2) is 75.4 Å². The average Bonchev–Trinajstić information content (AvgIpc) is 2.61. The van der Waals surface area contributed by atoms with Gasteiger partial charge in [0.05, 0.1) is 33.0 Å². The average molecular weight is 334 g/mol. The number of aryl methyl sites for hydroxylation is 1. The zero-order valence-electron chi connectivity index (χ0n) is 14.9. The molecule has 0 aliphatic carbocycles. The maximum atomic E-state index is 13.0. The molecule has 0 bridgehead atoms. The van der Waals surface area contributed by atoms with Crippen molar-refractivity contribution in [2.75, 3.05) is 47.5 Å². The molecule has 2 unspecified atom stereocenters. The Morgan fingerprint density at radius 3 is 2.62 bits per heavy atom. The van der Waals surface area contributed by atoms with Crippen molar-refractivity contribution in [3.63, 3.8) is 0 Å². The van der Waals surface area contributed by atoms with Crippen LogP contribution in [0.25, 0.3) is 0 Å². The fraction of sp³-hybridized carbons (Fsp3) is 0.611. The summed E-state index contributed by atoms with van der Waals surface area (Å²) in [6.07, 6.45) is 1.12. The Morgan fingerprint density at radius 1 is 1.21 bits per heavy atom. The second kappa shape index (κ2) is 6.99. The van der Waals surface area contributed by atoms with Crippen molar-refractivity contribution in [2.24, 2.45) is 0 Å². The van der Waals surface area contributed by atoms with Crippen LogP contribution in [0.3, 0.4) is 0 Å². The minimum Gasteiger partial charge on any atom is -0.493 e. The van der Waals surface area contributed by atoms with Gasteiger partial charge in [-0.2, -0.15) is 0 Å². The van der Waals surface area contributed by atoms with Crippen molar-refractivity contribution in [2.45, 2.75) is 25.5 Å². The first-order chi connectivity index (χ1) is 11.5. The largest absolute Gasteiger partial charge is 0.493 e. The van der Waals surface area contributed by atoms with Crippen LogP contribution in [0.1, 0.15) is 22.3 Å². The number of piperidine rings is 1. The lowest BCUT2D eigenvalue weighted by Gasteiger charge is -2.45. The zero-order valence-corrected chi connectivity index (χ0v) is 14.9. The minimum absolute atomic E-state index is 0.0471. The van der Waals surface area contributed by atoms with E-state index in [1.807, 2.05) is 17.9 Å². The molecule has 2 aliphatic rings. The third-order valence-corrected chi connectivity index (χ3v) is 5.11. The van der Waals surface area contributed by atoms with Crippen LogP contribution in [-0.2, 0) is 4.74 Å². The van der Waals surface area contributed by atoms with Gasteiger partial charge in [-0.15, -0.1) is 0 Å². The summed E-state index contributed by atoms with van der Waals surface area (Å²) in [5.74, 6) is 1.27. The van der Waals surface area contributed by atoms with Gasteiger partial charge in [0.15, 0.2) is 11.5 Å². The molecule has 1 aromatic rings. The normalized spacial score (nSPS) is 24.4. The van der Waals surface area contributed by atoms with E-state index in [0.29, 0.717) is 23.6 Å². The molecule has 2 saturated heterocycles. The van der Waals surface area contributed by atoms with E-state index in [-0.39, 0.29) is 18.1 Å². The molecule has 2 fully saturated rings. The fourth-order valence-electron chi connectivity index (χ4n) is 3.61. The first-order valence-corrected chi connectivity index (χ1v) is 8.39. The summed E-state index contributed by atoms with van der Waals surface area (Å²) in [5, 5.41) is 0. The Balaban J connectivity index is 1.81. The molecule has 3 rings (SSSR count). The molecule has 0 N–H and O–H groups in total. The molecule has 6 heteroatoms. The van der Waals surface area contributed by atoms with Crippen LogP contribution in [0.4, 0.5) is 0 Å². The smallest absolute Gasteiger partial charge is 0.254 e. The number of hydrogen-bond donors (Lipinski definition) is 0. The Morgan fingerprint density at radius 2 is 1.92 bits per heavy atom. The molecule has 24 heavy (non-hydrogen) atoms. The number of likely N-dealkylation sites (tertiary alicyclic amines) is 1. The molecule has 1 amide bonds. The van der Waals surface area contributed by atoms with Crippen LogP contribution in [0.2, 0.25) is 0 Å². The molecular formula is C18H26N2O4. The number of fused-ring (bicyclic) bond motifs is 1. The highest BCUT2D eigenvalue weighted by atomic mass is 16.5. The van der Waals surface area contributed by atoms with Crippen LogP contribution < -0.4 is 9.47 Å². The van der Waals surface area contributed by atoms with E-state index < -0.39 is 0 Å². The van der Waals surface area contributed by atoms with Gasteiger partial charge in [0.1, 0.15) is 0 Å². The third kappa shape index (κ3) is 3.08. The summed E-state index contributed by atoms with van der Waals surface area (Å²) in [7, 11) is 5.29. The van der Waals surface area contributed by atoms with Gasteiger partial charge in [0.2, 0.25) is 0 Å². The van der Waals surface area contributed by atoms with Gasteiger partial charge in [0.25, 0.3) is 5.91 Å². The predicted octanol–water partition coefficient (Wildman–Crippen LogP) is 1.56. The van der Waals surface area contributed by atoms with Crippen molar-refractivity contribution < 1.29 is 19.0 Å². The Hall–Kier alpha value is -1.79. The second-order valence-electron chi connectivity index (χ2n) is 6.52. The lowest BCUT2D eigenvalue weighted by Crippen LogP contribution is -2.59. The van der Waals surface area contributed by atoms with Gasteiger partial charge in [-0.25, -0.2) is 0 Å². The van der Waals surface area contributed by atoms with E-state index in [1.54, 1.807) is 20.3 Å². The topological polar surface area (TPSA) is 51.2 Å². The highest BCUT2D eigenvalue weighted by Crippen LogP contribution is 2.31. The van der Waals surface area contributed by atoms with Crippen molar-refractivity contribution in [1.29, 1.82) is 0 Å². The lowest BCUT2D eigenvalue weighted by molar-refractivity contribution is -0.0893. The SMILES string of the molecule is COc1cc(C)c(C(=O)N2CCC3OCCN(C)C3C2)cc1OC. The molecule has 6 nitrogen and oxygen atoms in total. The number of amides is 1. The van der Waals surface area contributed by atoms with Gasteiger partial charge in [-0.1, -0.05) is 0 Å². The van der Waals surface area contributed by atoms with E-state index in [4.69, 9.17) is 14.2 Å². The van der Waals surface area contributed by atoms with Crippen LogP contribution >= 0.6 is 0 Å². The van der Waals surface area contributed by atoms with Gasteiger partial charge < -0.3 is 19.1 Å². The first-order valence-electron chi connectivity index (χ1n) is 8.39. The molecule has 0 spiro atoms. The van der Waals surface area contributed by atoms with Crippen molar-refractivity contribution in [3.8, 4) is 11.5 Å². The number of methoxy groups -OCH3 is 2. The molecule has 2 aliphatic heterocycles. The molecule has 0 saturated carbocycles. The monoisotopic (exact) mass is 334 g/mol. The Bertz CT molecular complexity index is 619. The molecule has 0 radical (unpaired) electrons. The quantitative estimate of drug-likeness (QED) is 0.840. The lowest BCUT2D eigenvalue weighted by atomic mass is 9.97. The molecule has 0 aromatic heterocycles. The minimum atomic E-state index is 0.0471. The summed E-state index contributed by atoms with van der Waals surface area (Å²) in [6, 6.07) is 3.91. The summed E-state index contributed by atoms with van der Waals surface area (Å²) < 4.78 is 16.5. The van der Waals surface area contributed by atoms with Crippen molar-refractivity contribution >= 4 is 5.91 Å². The summed E-state index contributed by atoms with van der Waals surface area (Å²) in [6.45, 7) is 5.05. The summed E-state index contributed by atoms with van der Waals surface area (Å²) >= 11 is 0.